The van der Waals surface area contributed by atoms with Gasteiger partial charge in [-0.05, 0) is 35.9 Å². The summed E-state index contributed by atoms with van der Waals surface area (Å²) in [6.45, 7) is 0.367. The highest BCUT2D eigenvalue weighted by Gasteiger charge is 2.02. The number of halogens is 1. The van der Waals surface area contributed by atoms with Crippen molar-refractivity contribution in [3.63, 3.8) is 0 Å². The maximum absolute atomic E-state index is 13.1. The van der Waals surface area contributed by atoms with Gasteiger partial charge in [-0.25, -0.2) is 9.18 Å². The van der Waals surface area contributed by atoms with Crippen molar-refractivity contribution in [1.29, 1.82) is 0 Å². The van der Waals surface area contributed by atoms with Crippen molar-refractivity contribution < 1.29 is 9.50 Å². The highest BCUT2D eigenvalue weighted by molar-refractivity contribution is 5.78. The Bertz CT molecular complexity index is 802. The van der Waals surface area contributed by atoms with Gasteiger partial charge >= 0.3 is 5.69 Å². The van der Waals surface area contributed by atoms with Crippen LogP contribution in [0.15, 0.2) is 41.2 Å². The average Bonchev–Trinajstić information content (AvgIpc) is 2.74. The van der Waals surface area contributed by atoms with E-state index in [4.69, 9.17) is 0 Å². The van der Waals surface area contributed by atoms with Gasteiger partial charge in [-0.2, -0.15) is 0 Å². The molecule has 0 saturated heterocycles. The maximum Gasteiger partial charge on any atom is 0.323 e. The topological polar surface area (TPSA) is 80.9 Å². The molecule has 0 unspecified atom stereocenters. The summed E-state index contributed by atoms with van der Waals surface area (Å²) < 4.78 is 13.1. The molecule has 4 N–H and O–H groups in total. The molecule has 3 aromatic rings. The lowest BCUT2D eigenvalue weighted by Gasteiger charge is -2.07. The molecule has 5 nitrogen and oxygen atoms in total. The van der Waals surface area contributed by atoms with Gasteiger partial charge in [-0.3, -0.25) is 0 Å². The number of aromatic amines is 2. The first-order chi connectivity index (χ1) is 9.60. The van der Waals surface area contributed by atoms with Crippen LogP contribution in [0.5, 0.6) is 5.75 Å². The van der Waals surface area contributed by atoms with Gasteiger partial charge in [0, 0.05) is 18.3 Å². The second-order valence-corrected chi connectivity index (χ2v) is 4.51. The van der Waals surface area contributed by atoms with Crippen LogP contribution < -0.4 is 11.0 Å². The van der Waals surface area contributed by atoms with Crippen molar-refractivity contribution in [3.8, 4) is 5.75 Å². The molecule has 0 saturated carbocycles. The third-order valence-corrected chi connectivity index (χ3v) is 2.95. The lowest BCUT2D eigenvalue weighted by atomic mass is 10.2. The molecule has 0 amide bonds. The van der Waals surface area contributed by atoms with E-state index in [0.717, 1.165) is 17.3 Å². The normalized spacial score (nSPS) is 10.8. The molecule has 20 heavy (non-hydrogen) atoms. The number of rotatable bonds is 3. The molecule has 0 spiro atoms. The smallest absolute Gasteiger partial charge is 0.323 e. The van der Waals surface area contributed by atoms with E-state index in [1.54, 1.807) is 12.1 Å². The van der Waals surface area contributed by atoms with Crippen molar-refractivity contribution in [2.45, 2.75) is 6.54 Å². The monoisotopic (exact) mass is 273 g/mol. The number of aromatic hydroxyl groups is 1. The minimum Gasteiger partial charge on any atom is -0.508 e. The standard InChI is InChI=1S/C14H12FN3O2/c15-9-3-8(4-11(19)5-9)7-16-10-1-2-12-13(6-10)18-14(20)17-12/h1-6,16,19H,7H2,(H2,17,18,20). The molecule has 0 radical (unpaired) electrons. The molecular formula is C14H12FN3O2. The zero-order chi connectivity index (χ0) is 14.1. The van der Waals surface area contributed by atoms with Crippen LogP contribution in [0.4, 0.5) is 10.1 Å². The van der Waals surface area contributed by atoms with Gasteiger partial charge in [-0.15, -0.1) is 0 Å². The quantitative estimate of drug-likeness (QED) is 0.591. The Hall–Kier alpha value is -2.76. The van der Waals surface area contributed by atoms with Crippen LogP contribution in [0.2, 0.25) is 0 Å². The first-order valence-corrected chi connectivity index (χ1v) is 6.04. The predicted octanol–water partition coefficient (Wildman–Crippen LogP) is 2.31. The molecule has 0 bridgehead atoms. The number of nitrogens with one attached hydrogen (secondary N) is 3. The molecule has 0 aliphatic rings. The van der Waals surface area contributed by atoms with Crippen molar-refractivity contribution >= 4 is 16.7 Å². The molecule has 0 aliphatic heterocycles. The number of phenolic OH excluding ortho intramolecular Hbond substituents is 1. The summed E-state index contributed by atoms with van der Waals surface area (Å²) in [5, 5.41) is 12.4. The molecular weight excluding hydrogens is 261 g/mol. The lowest BCUT2D eigenvalue weighted by molar-refractivity contribution is 0.468. The fraction of sp³-hybridized carbons (Fsp3) is 0.0714. The second-order valence-electron chi connectivity index (χ2n) is 4.51. The summed E-state index contributed by atoms with van der Waals surface area (Å²) in [6, 6.07) is 9.27. The molecule has 6 heteroatoms. The van der Waals surface area contributed by atoms with Gasteiger partial charge in [0.05, 0.1) is 11.0 Å². The molecule has 2 aromatic carbocycles. The zero-order valence-electron chi connectivity index (χ0n) is 10.4. The third kappa shape index (κ3) is 2.49. The Labute approximate surface area is 113 Å². The van der Waals surface area contributed by atoms with Crippen LogP contribution in [0.25, 0.3) is 11.0 Å². The van der Waals surface area contributed by atoms with Crippen molar-refractivity contribution in [2.75, 3.05) is 5.32 Å². The SMILES string of the molecule is O=c1[nH]c2ccc(NCc3cc(O)cc(F)c3)cc2[nH]1. The number of imidazole rings is 1. The van der Waals surface area contributed by atoms with Crippen LogP contribution in [0, 0.1) is 5.82 Å². The van der Waals surface area contributed by atoms with E-state index in [2.05, 4.69) is 15.3 Å². The van der Waals surface area contributed by atoms with Crippen LogP contribution >= 0.6 is 0 Å². The third-order valence-electron chi connectivity index (χ3n) is 2.95. The second kappa shape index (κ2) is 4.73. The fourth-order valence-corrected chi connectivity index (χ4v) is 2.08. The number of H-pyrrole nitrogens is 2. The fourth-order valence-electron chi connectivity index (χ4n) is 2.08. The lowest BCUT2D eigenvalue weighted by Crippen LogP contribution is -2.00. The van der Waals surface area contributed by atoms with E-state index in [1.165, 1.54) is 12.1 Å². The summed E-state index contributed by atoms with van der Waals surface area (Å²) in [5.74, 6) is -0.584. The Balaban J connectivity index is 1.80. The van der Waals surface area contributed by atoms with Gasteiger partial charge in [0.15, 0.2) is 0 Å². The Morgan fingerprint density at radius 2 is 1.90 bits per heavy atom. The van der Waals surface area contributed by atoms with E-state index < -0.39 is 5.82 Å². The zero-order valence-corrected chi connectivity index (χ0v) is 10.4. The van der Waals surface area contributed by atoms with E-state index in [0.29, 0.717) is 17.6 Å². The van der Waals surface area contributed by atoms with Gasteiger partial charge < -0.3 is 20.4 Å². The van der Waals surface area contributed by atoms with E-state index in [9.17, 15) is 14.3 Å². The Morgan fingerprint density at radius 1 is 1.10 bits per heavy atom. The molecule has 102 valence electrons. The summed E-state index contributed by atoms with van der Waals surface area (Å²) in [6.07, 6.45) is 0. The maximum atomic E-state index is 13.1. The van der Waals surface area contributed by atoms with Crippen molar-refractivity contribution in [1.82, 2.24) is 9.97 Å². The highest BCUT2D eigenvalue weighted by atomic mass is 19.1. The largest absolute Gasteiger partial charge is 0.508 e. The van der Waals surface area contributed by atoms with Crippen molar-refractivity contribution in [3.05, 3.63) is 58.3 Å². The molecule has 1 aromatic heterocycles. The molecule has 0 atom stereocenters. The molecule has 3 rings (SSSR count). The van der Waals surface area contributed by atoms with Crippen LogP contribution in [0.1, 0.15) is 5.56 Å². The Kier molecular flexibility index (Phi) is 2.90. The van der Waals surface area contributed by atoms with Crippen LogP contribution in [-0.4, -0.2) is 15.1 Å². The van der Waals surface area contributed by atoms with E-state index in [-0.39, 0.29) is 11.4 Å². The van der Waals surface area contributed by atoms with Crippen LogP contribution in [0.3, 0.4) is 0 Å². The van der Waals surface area contributed by atoms with Gasteiger partial charge in [0.2, 0.25) is 0 Å². The molecule has 0 aliphatic carbocycles. The Morgan fingerprint density at radius 3 is 2.70 bits per heavy atom. The number of hydrogen-bond acceptors (Lipinski definition) is 3. The number of aromatic nitrogens is 2. The average molecular weight is 273 g/mol. The predicted molar refractivity (Wildman–Crippen MR) is 74.3 cm³/mol. The number of benzene rings is 2. The number of fused-ring (bicyclic) bond motifs is 1. The van der Waals surface area contributed by atoms with Gasteiger partial charge in [0.25, 0.3) is 0 Å². The van der Waals surface area contributed by atoms with E-state index >= 15 is 0 Å². The van der Waals surface area contributed by atoms with E-state index in [1.807, 2.05) is 6.07 Å². The first kappa shape index (κ1) is 12.3. The van der Waals surface area contributed by atoms with Gasteiger partial charge in [0.1, 0.15) is 11.6 Å². The summed E-state index contributed by atoms with van der Waals surface area (Å²) in [4.78, 5) is 16.5. The summed E-state index contributed by atoms with van der Waals surface area (Å²) >= 11 is 0. The summed E-state index contributed by atoms with van der Waals surface area (Å²) in [7, 11) is 0. The molecule has 0 fully saturated rings. The number of anilines is 1. The molecule has 1 heterocycles. The first-order valence-electron chi connectivity index (χ1n) is 6.04. The van der Waals surface area contributed by atoms with Gasteiger partial charge in [-0.1, -0.05) is 0 Å². The number of hydrogen-bond donors (Lipinski definition) is 4. The number of phenols is 1. The minimum atomic E-state index is -0.479. The highest BCUT2D eigenvalue weighted by Crippen LogP contribution is 2.18. The van der Waals surface area contributed by atoms with Crippen molar-refractivity contribution in [2.24, 2.45) is 0 Å². The summed E-state index contributed by atoms with van der Waals surface area (Å²) in [5.41, 5.74) is 2.58. The minimum absolute atomic E-state index is 0.104. The van der Waals surface area contributed by atoms with Crippen LogP contribution in [-0.2, 0) is 6.54 Å².